The fourth-order valence-electron chi connectivity index (χ4n) is 4.52. The van der Waals surface area contributed by atoms with Crippen molar-refractivity contribution >= 4 is 17.4 Å². The van der Waals surface area contributed by atoms with E-state index in [9.17, 15) is 14.7 Å². The van der Waals surface area contributed by atoms with Crippen LogP contribution in [0.1, 0.15) is 28.3 Å². The summed E-state index contributed by atoms with van der Waals surface area (Å²) in [6.07, 6.45) is 3.25. The van der Waals surface area contributed by atoms with Crippen LogP contribution in [0.25, 0.3) is 5.76 Å². The molecule has 9 heteroatoms. The topological polar surface area (TPSA) is 107 Å². The van der Waals surface area contributed by atoms with Gasteiger partial charge in [-0.1, -0.05) is 6.07 Å². The molecule has 0 radical (unpaired) electrons. The van der Waals surface area contributed by atoms with E-state index in [1.807, 2.05) is 13.0 Å². The normalized spacial score (nSPS) is 16.6. The van der Waals surface area contributed by atoms with Crippen LogP contribution in [-0.4, -0.2) is 55.1 Å². The molecular formula is C28H28N2O7. The van der Waals surface area contributed by atoms with Gasteiger partial charge in [0.2, 0.25) is 5.75 Å². The number of rotatable bonds is 8. The number of ketones is 1. The number of aliphatic hydroxyl groups excluding tert-OH is 1. The zero-order chi connectivity index (χ0) is 26.7. The molecule has 1 atom stereocenters. The van der Waals surface area contributed by atoms with Gasteiger partial charge in [0.1, 0.15) is 11.5 Å². The lowest BCUT2D eigenvalue weighted by molar-refractivity contribution is -0.140. The molecule has 2 aromatic carbocycles. The van der Waals surface area contributed by atoms with Crippen LogP contribution < -0.4 is 18.9 Å². The number of nitrogens with zero attached hydrogens (tertiary/aromatic N) is 2. The third-order valence-electron chi connectivity index (χ3n) is 6.29. The molecule has 4 rings (SSSR count). The standard InChI is InChI=1S/C28H28N2O7/c1-16-11-18(8-9-20(16)34-2)25(31)23-24(19-12-21(35-3)27(37-5)22(13-19)36-4)30(28(33)26(23)32)15-17-7-6-10-29-14-17/h6-14,24,31H,15H2,1-5H3/t24-/m0/s1. The highest BCUT2D eigenvalue weighted by Gasteiger charge is 2.46. The predicted molar refractivity (Wildman–Crippen MR) is 136 cm³/mol. The number of aliphatic hydroxyl groups is 1. The van der Waals surface area contributed by atoms with E-state index in [1.54, 1.807) is 55.9 Å². The minimum Gasteiger partial charge on any atom is -0.507 e. The summed E-state index contributed by atoms with van der Waals surface area (Å²) in [5.41, 5.74) is 2.33. The second kappa shape index (κ2) is 10.6. The number of pyridine rings is 1. The van der Waals surface area contributed by atoms with E-state index < -0.39 is 17.7 Å². The fraction of sp³-hybridized carbons (Fsp3) is 0.250. The molecule has 1 aliphatic rings. The van der Waals surface area contributed by atoms with Gasteiger partial charge in [0.25, 0.3) is 11.7 Å². The summed E-state index contributed by atoms with van der Waals surface area (Å²) in [7, 11) is 6.00. The minimum atomic E-state index is -0.934. The lowest BCUT2D eigenvalue weighted by Crippen LogP contribution is -2.29. The number of amides is 1. The van der Waals surface area contributed by atoms with E-state index in [1.165, 1.54) is 26.2 Å². The summed E-state index contributed by atoms with van der Waals surface area (Å²) >= 11 is 0. The molecule has 37 heavy (non-hydrogen) atoms. The smallest absolute Gasteiger partial charge is 0.295 e. The molecule has 1 aliphatic heterocycles. The van der Waals surface area contributed by atoms with Crippen molar-refractivity contribution in [1.82, 2.24) is 9.88 Å². The van der Waals surface area contributed by atoms with Crippen molar-refractivity contribution in [2.45, 2.75) is 19.5 Å². The Hall–Kier alpha value is -4.53. The molecular weight excluding hydrogens is 476 g/mol. The molecule has 0 unspecified atom stereocenters. The highest BCUT2D eigenvalue weighted by atomic mass is 16.5. The van der Waals surface area contributed by atoms with Crippen molar-refractivity contribution in [1.29, 1.82) is 0 Å². The van der Waals surface area contributed by atoms with Gasteiger partial charge in [-0.05, 0) is 60.0 Å². The van der Waals surface area contributed by atoms with Crippen LogP contribution in [0.5, 0.6) is 23.0 Å². The van der Waals surface area contributed by atoms with Crippen molar-refractivity contribution in [3.63, 3.8) is 0 Å². The lowest BCUT2D eigenvalue weighted by Gasteiger charge is -2.26. The highest BCUT2D eigenvalue weighted by molar-refractivity contribution is 6.46. The molecule has 0 spiro atoms. The first-order valence-corrected chi connectivity index (χ1v) is 11.5. The summed E-state index contributed by atoms with van der Waals surface area (Å²) in [5.74, 6) is -0.133. The molecule has 2 heterocycles. The van der Waals surface area contributed by atoms with Crippen LogP contribution in [0.2, 0.25) is 0 Å². The van der Waals surface area contributed by atoms with E-state index in [0.29, 0.717) is 34.1 Å². The average molecular weight is 505 g/mol. The first-order chi connectivity index (χ1) is 17.8. The predicted octanol–water partition coefficient (Wildman–Crippen LogP) is 4.05. The summed E-state index contributed by atoms with van der Waals surface area (Å²) in [4.78, 5) is 32.3. The minimum absolute atomic E-state index is 0.0484. The lowest BCUT2D eigenvalue weighted by atomic mass is 9.94. The van der Waals surface area contributed by atoms with Crippen LogP contribution in [0.15, 0.2) is 60.4 Å². The zero-order valence-corrected chi connectivity index (χ0v) is 21.3. The van der Waals surface area contributed by atoms with Crippen LogP contribution in [0.4, 0.5) is 0 Å². The molecule has 9 nitrogen and oxygen atoms in total. The number of Topliss-reactive ketones (excluding diaryl/α,β-unsaturated/α-hetero) is 1. The molecule has 1 N–H and O–H groups in total. The monoisotopic (exact) mass is 504 g/mol. The number of carbonyl (C=O) groups excluding carboxylic acids is 2. The molecule has 1 amide bonds. The molecule has 1 fully saturated rings. The van der Waals surface area contributed by atoms with Gasteiger partial charge in [-0.25, -0.2) is 0 Å². The van der Waals surface area contributed by atoms with E-state index in [4.69, 9.17) is 18.9 Å². The Balaban J connectivity index is 1.95. The number of aromatic nitrogens is 1. The van der Waals surface area contributed by atoms with Crippen LogP contribution in [0, 0.1) is 6.92 Å². The Morgan fingerprint density at radius 1 is 0.946 bits per heavy atom. The molecule has 0 aliphatic carbocycles. The van der Waals surface area contributed by atoms with Crippen molar-refractivity contribution < 1.29 is 33.6 Å². The number of carbonyl (C=O) groups is 2. The van der Waals surface area contributed by atoms with E-state index in [0.717, 1.165) is 11.1 Å². The molecule has 3 aromatic rings. The Bertz CT molecular complexity index is 1340. The van der Waals surface area contributed by atoms with E-state index in [-0.39, 0.29) is 17.9 Å². The van der Waals surface area contributed by atoms with Gasteiger partial charge < -0.3 is 29.0 Å². The largest absolute Gasteiger partial charge is 0.507 e. The number of hydrogen-bond acceptors (Lipinski definition) is 8. The zero-order valence-electron chi connectivity index (χ0n) is 21.3. The molecule has 0 bridgehead atoms. The van der Waals surface area contributed by atoms with Gasteiger partial charge in [-0.2, -0.15) is 0 Å². The molecule has 192 valence electrons. The number of hydrogen-bond donors (Lipinski definition) is 1. The van der Waals surface area contributed by atoms with Crippen LogP contribution in [-0.2, 0) is 16.1 Å². The van der Waals surface area contributed by atoms with Gasteiger partial charge in [0, 0.05) is 24.5 Å². The van der Waals surface area contributed by atoms with Gasteiger partial charge in [-0.15, -0.1) is 0 Å². The summed E-state index contributed by atoms with van der Waals surface area (Å²) < 4.78 is 21.8. The molecule has 1 aromatic heterocycles. The Morgan fingerprint density at radius 3 is 2.16 bits per heavy atom. The van der Waals surface area contributed by atoms with Crippen molar-refractivity contribution in [2.24, 2.45) is 0 Å². The summed E-state index contributed by atoms with van der Waals surface area (Å²) in [5, 5.41) is 11.4. The van der Waals surface area contributed by atoms with E-state index >= 15 is 0 Å². The first kappa shape index (κ1) is 25.6. The van der Waals surface area contributed by atoms with Gasteiger partial charge in [-0.3, -0.25) is 14.6 Å². The van der Waals surface area contributed by atoms with Crippen molar-refractivity contribution in [2.75, 3.05) is 28.4 Å². The van der Waals surface area contributed by atoms with Gasteiger partial charge >= 0.3 is 0 Å². The van der Waals surface area contributed by atoms with E-state index in [2.05, 4.69) is 4.98 Å². The number of methoxy groups -OCH3 is 4. The maximum Gasteiger partial charge on any atom is 0.295 e. The second-order valence-corrected chi connectivity index (χ2v) is 8.43. The average Bonchev–Trinajstić information content (AvgIpc) is 3.17. The summed E-state index contributed by atoms with van der Waals surface area (Å²) in [6, 6.07) is 11.0. The van der Waals surface area contributed by atoms with Gasteiger partial charge in [0.15, 0.2) is 11.5 Å². The maximum absolute atomic E-state index is 13.4. The number of likely N-dealkylation sites (tertiary alicyclic amines) is 1. The Kier molecular flexibility index (Phi) is 7.33. The number of aryl methyl sites for hydroxylation is 1. The SMILES string of the molecule is COc1ccc(C(O)=C2C(=O)C(=O)N(Cc3cccnc3)[C@H]2c2cc(OC)c(OC)c(OC)c2)cc1C. The quantitative estimate of drug-likeness (QED) is 0.278. The number of benzene rings is 2. The Labute approximate surface area is 214 Å². The van der Waals surface area contributed by atoms with Crippen molar-refractivity contribution in [3.05, 3.63) is 82.7 Å². The van der Waals surface area contributed by atoms with Crippen molar-refractivity contribution in [3.8, 4) is 23.0 Å². The second-order valence-electron chi connectivity index (χ2n) is 8.43. The Morgan fingerprint density at radius 2 is 1.62 bits per heavy atom. The third kappa shape index (κ3) is 4.67. The van der Waals surface area contributed by atoms with Gasteiger partial charge in [0.05, 0.1) is 40.1 Å². The summed E-state index contributed by atoms with van der Waals surface area (Å²) in [6.45, 7) is 1.92. The maximum atomic E-state index is 13.4. The fourth-order valence-corrected chi connectivity index (χ4v) is 4.52. The third-order valence-corrected chi connectivity index (χ3v) is 6.29. The molecule has 1 saturated heterocycles. The molecule has 0 saturated carbocycles. The first-order valence-electron chi connectivity index (χ1n) is 11.5. The number of ether oxygens (including phenoxy) is 4. The van der Waals surface area contributed by atoms with Crippen LogP contribution >= 0.6 is 0 Å². The van der Waals surface area contributed by atoms with Crippen LogP contribution in [0.3, 0.4) is 0 Å². The highest BCUT2D eigenvalue weighted by Crippen LogP contribution is 2.46.